The van der Waals surface area contributed by atoms with E-state index < -0.39 is 0 Å². The van der Waals surface area contributed by atoms with Gasteiger partial charge in [-0.2, -0.15) is 0 Å². The van der Waals surface area contributed by atoms with Crippen molar-refractivity contribution < 1.29 is 4.79 Å². The van der Waals surface area contributed by atoms with Gasteiger partial charge < -0.3 is 21.3 Å². The van der Waals surface area contributed by atoms with E-state index in [0.717, 1.165) is 25.1 Å². The molecule has 0 spiro atoms. The summed E-state index contributed by atoms with van der Waals surface area (Å²) in [5.41, 5.74) is 0. The Morgan fingerprint density at radius 3 is 2.06 bits per heavy atom. The fourth-order valence-electron chi connectivity index (χ4n) is 1.11. The van der Waals surface area contributed by atoms with Crippen LogP contribution in [0.15, 0.2) is 0 Å². The molecule has 2 atom stereocenters. The van der Waals surface area contributed by atoms with E-state index in [1.54, 1.807) is 7.05 Å². The van der Waals surface area contributed by atoms with Crippen LogP contribution in [0.5, 0.6) is 0 Å². The molecule has 2 unspecified atom stereocenters. The van der Waals surface area contributed by atoms with E-state index in [1.807, 2.05) is 7.05 Å². The summed E-state index contributed by atoms with van der Waals surface area (Å²) in [5.74, 6) is 0. The van der Waals surface area contributed by atoms with Gasteiger partial charge in [-0.1, -0.05) is 15.8 Å². The Bertz CT molecular complexity index is 194. The minimum atomic E-state index is -0.152. The number of carbonyl (C=O) groups is 1. The summed E-state index contributed by atoms with van der Waals surface area (Å²) in [6.45, 7) is 4.47. The predicted molar refractivity (Wildman–Crippen MR) is 74.9 cm³/mol. The first-order valence-corrected chi connectivity index (χ1v) is 9.60. The summed E-state index contributed by atoms with van der Waals surface area (Å²) in [4.78, 5) is 10.9. The second-order valence-corrected chi connectivity index (χ2v) is 8.39. The molecule has 0 rings (SSSR count). The average molecular weight is 266 g/mol. The van der Waals surface area contributed by atoms with Crippen LogP contribution in [-0.4, -0.2) is 58.6 Å². The van der Waals surface area contributed by atoms with E-state index in [4.69, 9.17) is 0 Å². The maximum absolute atomic E-state index is 10.9. The van der Waals surface area contributed by atoms with Crippen molar-refractivity contribution in [1.29, 1.82) is 0 Å². The molecule has 0 radical (unpaired) electrons. The zero-order valence-electron chi connectivity index (χ0n) is 10.6. The van der Waals surface area contributed by atoms with E-state index in [0.29, 0.717) is 0 Å². The van der Waals surface area contributed by atoms with E-state index in [-0.39, 0.29) is 21.9 Å². The molecule has 0 aromatic carbocycles. The summed E-state index contributed by atoms with van der Waals surface area (Å²) < 4.78 is 0. The molecule has 0 aliphatic rings. The number of rotatable bonds is 8. The Balaban J connectivity index is 3.43. The molecule has 7 heteroatoms. The van der Waals surface area contributed by atoms with Gasteiger partial charge in [0.2, 0.25) is 0 Å². The van der Waals surface area contributed by atoms with Crippen LogP contribution in [0.1, 0.15) is 0 Å². The molecule has 16 heavy (non-hydrogen) atoms. The number of urea groups is 1. The molecule has 0 heterocycles. The standard InChI is InChI=1S/C9H24N4OP2/c1-10-5-15(3)6-12-7-16(4)8-13-9(14)11-2/h10,12H,5-8H2,1-4H3,(H2,11,13,14). The Labute approximate surface area is 101 Å². The quantitative estimate of drug-likeness (QED) is 0.491. The van der Waals surface area contributed by atoms with Gasteiger partial charge in [-0.15, -0.1) is 0 Å². The number of hydrogen-bond donors (Lipinski definition) is 4. The second kappa shape index (κ2) is 10.2. The molecule has 2 amide bonds. The van der Waals surface area contributed by atoms with Crippen molar-refractivity contribution in [2.75, 3.05) is 52.6 Å². The highest BCUT2D eigenvalue weighted by Crippen LogP contribution is 2.29. The minimum absolute atomic E-state index is 0.0523. The molecule has 0 bridgehead atoms. The van der Waals surface area contributed by atoms with Gasteiger partial charge in [-0.25, -0.2) is 4.79 Å². The van der Waals surface area contributed by atoms with Crippen LogP contribution in [0.25, 0.3) is 0 Å². The van der Waals surface area contributed by atoms with Gasteiger partial charge in [0.25, 0.3) is 0 Å². The van der Waals surface area contributed by atoms with E-state index >= 15 is 0 Å². The lowest BCUT2D eigenvalue weighted by molar-refractivity contribution is 0.244. The van der Waals surface area contributed by atoms with E-state index in [1.165, 1.54) is 0 Å². The Kier molecular flexibility index (Phi) is 10.3. The van der Waals surface area contributed by atoms with Crippen LogP contribution in [0.2, 0.25) is 0 Å². The molecule has 5 nitrogen and oxygen atoms in total. The summed E-state index contributed by atoms with van der Waals surface area (Å²) in [6, 6.07) is -0.0951. The highest BCUT2D eigenvalue weighted by Gasteiger charge is 2.04. The Hall–Kier alpha value is 0.0500. The first-order valence-electron chi connectivity index (χ1n) is 5.28. The molecular formula is C9H24N4OP2. The zero-order valence-corrected chi connectivity index (χ0v) is 12.4. The summed E-state index contributed by atoms with van der Waals surface area (Å²) in [6.07, 6.45) is 3.97. The number of hydrogen-bond acceptors (Lipinski definition) is 3. The summed E-state index contributed by atoms with van der Waals surface area (Å²) >= 11 is 0. The molecule has 0 aliphatic carbocycles. The molecule has 4 N–H and O–H groups in total. The maximum Gasteiger partial charge on any atom is 0.314 e. The molecule has 0 aliphatic heterocycles. The molecule has 0 saturated carbocycles. The van der Waals surface area contributed by atoms with Crippen LogP contribution in [0, 0.1) is 0 Å². The highest BCUT2D eigenvalue weighted by atomic mass is 31.1. The van der Waals surface area contributed by atoms with Crippen molar-refractivity contribution in [3.63, 3.8) is 0 Å². The smallest absolute Gasteiger partial charge is 0.314 e. The maximum atomic E-state index is 10.9. The van der Waals surface area contributed by atoms with Gasteiger partial charge in [-0.05, 0) is 20.4 Å². The lowest BCUT2D eigenvalue weighted by Crippen LogP contribution is -2.33. The van der Waals surface area contributed by atoms with Crippen molar-refractivity contribution in [3.8, 4) is 0 Å². The average Bonchev–Trinajstić information content (AvgIpc) is 2.26. The molecule has 0 aromatic heterocycles. The first kappa shape index (κ1) is 16.1. The molecule has 96 valence electrons. The van der Waals surface area contributed by atoms with Crippen molar-refractivity contribution in [1.82, 2.24) is 21.3 Å². The van der Waals surface area contributed by atoms with E-state index in [2.05, 4.69) is 34.6 Å². The molecule has 0 aromatic rings. The molecule has 0 fully saturated rings. The van der Waals surface area contributed by atoms with Gasteiger partial charge in [-0.3, -0.25) is 0 Å². The van der Waals surface area contributed by atoms with Gasteiger partial charge in [0.1, 0.15) is 0 Å². The van der Waals surface area contributed by atoms with Crippen LogP contribution in [0.3, 0.4) is 0 Å². The molecular weight excluding hydrogens is 242 g/mol. The first-order chi connectivity index (χ1) is 7.60. The van der Waals surface area contributed by atoms with Gasteiger partial charge in [0, 0.05) is 32.2 Å². The monoisotopic (exact) mass is 266 g/mol. The SMILES string of the molecule is CNCP(C)CNCP(C)CNC(=O)NC. The third-order valence-electron chi connectivity index (χ3n) is 1.93. The summed E-state index contributed by atoms with van der Waals surface area (Å²) in [5, 5.41) is 12.0. The Morgan fingerprint density at radius 1 is 1.00 bits per heavy atom. The fourth-order valence-corrected chi connectivity index (χ4v) is 3.45. The largest absolute Gasteiger partial charge is 0.341 e. The topological polar surface area (TPSA) is 65.2 Å². The minimum Gasteiger partial charge on any atom is -0.341 e. The molecule has 0 saturated heterocycles. The predicted octanol–water partition coefficient (Wildman–Crippen LogP) is 0.778. The van der Waals surface area contributed by atoms with Gasteiger partial charge in [0.05, 0.1) is 0 Å². The second-order valence-electron chi connectivity index (χ2n) is 3.70. The number of nitrogens with one attached hydrogen (secondary N) is 4. The van der Waals surface area contributed by atoms with E-state index in [9.17, 15) is 4.79 Å². The lowest BCUT2D eigenvalue weighted by Gasteiger charge is -2.17. The summed E-state index contributed by atoms with van der Waals surface area (Å²) in [7, 11) is 3.52. The van der Waals surface area contributed by atoms with Crippen molar-refractivity contribution in [3.05, 3.63) is 0 Å². The fraction of sp³-hybridized carbons (Fsp3) is 0.889. The van der Waals surface area contributed by atoms with Crippen LogP contribution >= 0.6 is 15.8 Å². The third kappa shape index (κ3) is 9.29. The van der Waals surface area contributed by atoms with Gasteiger partial charge in [0.15, 0.2) is 0 Å². The van der Waals surface area contributed by atoms with Crippen molar-refractivity contribution >= 4 is 21.9 Å². The van der Waals surface area contributed by atoms with Crippen molar-refractivity contribution in [2.24, 2.45) is 0 Å². The number of amides is 2. The van der Waals surface area contributed by atoms with Crippen molar-refractivity contribution in [2.45, 2.75) is 0 Å². The zero-order chi connectivity index (χ0) is 12.4. The normalized spacial score (nSPS) is 14.2. The Morgan fingerprint density at radius 2 is 1.56 bits per heavy atom. The lowest BCUT2D eigenvalue weighted by atomic mass is 11.0. The van der Waals surface area contributed by atoms with Crippen LogP contribution in [-0.2, 0) is 0 Å². The highest BCUT2D eigenvalue weighted by molar-refractivity contribution is 7.57. The van der Waals surface area contributed by atoms with Crippen LogP contribution < -0.4 is 21.3 Å². The van der Waals surface area contributed by atoms with Gasteiger partial charge >= 0.3 is 6.03 Å². The number of carbonyl (C=O) groups excluding carboxylic acids is 1. The third-order valence-corrected chi connectivity index (χ3v) is 5.01. The van der Waals surface area contributed by atoms with Crippen LogP contribution in [0.4, 0.5) is 4.79 Å².